The van der Waals surface area contributed by atoms with Gasteiger partial charge in [-0.2, -0.15) is 0 Å². The van der Waals surface area contributed by atoms with Gasteiger partial charge in [-0.3, -0.25) is 4.79 Å². The number of rotatable bonds is 4. The summed E-state index contributed by atoms with van der Waals surface area (Å²) < 4.78 is 5.70. The molecule has 6 nitrogen and oxygen atoms in total. The number of carbonyl (C=O) groups is 1. The fraction of sp³-hybridized carbons (Fsp3) is 0.577. The van der Waals surface area contributed by atoms with Crippen LogP contribution in [-0.2, 0) is 20.4 Å². The number of aryl methyl sites for hydroxylation is 3. The third kappa shape index (κ3) is 4.25. The molecule has 1 atom stereocenters. The number of hydrogen-bond donors (Lipinski definition) is 1. The summed E-state index contributed by atoms with van der Waals surface area (Å²) in [5.74, 6) is 1.89. The predicted octanol–water partition coefficient (Wildman–Crippen LogP) is 4.07. The van der Waals surface area contributed by atoms with E-state index < -0.39 is 5.41 Å². The second-order valence-electron chi connectivity index (χ2n) is 9.93. The molecule has 0 aliphatic carbocycles. The molecule has 1 aromatic heterocycles. The van der Waals surface area contributed by atoms with Crippen molar-refractivity contribution >= 4 is 11.7 Å². The molecule has 172 valence electrons. The first kappa shape index (κ1) is 22.7. The lowest BCUT2D eigenvalue weighted by molar-refractivity contribution is -0.143. The lowest BCUT2D eigenvalue weighted by Gasteiger charge is -2.45. The minimum atomic E-state index is -0.517. The molecule has 2 aromatic rings. The maximum atomic E-state index is 14.2. The van der Waals surface area contributed by atoms with Gasteiger partial charge in [-0.25, -0.2) is 9.97 Å². The van der Waals surface area contributed by atoms with Gasteiger partial charge in [0, 0.05) is 50.5 Å². The molecular formula is C26H36N4O2. The van der Waals surface area contributed by atoms with Gasteiger partial charge in [0.15, 0.2) is 0 Å². The molecule has 0 radical (unpaired) electrons. The van der Waals surface area contributed by atoms with Crippen LogP contribution in [0.5, 0.6) is 0 Å². The van der Waals surface area contributed by atoms with E-state index in [9.17, 15) is 4.79 Å². The van der Waals surface area contributed by atoms with Crippen molar-refractivity contribution in [1.29, 1.82) is 0 Å². The van der Waals surface area contributed by atoms with E-state index in [0.29, 0.717) is 19.8 Å². The second-order valence-corrected chi connectivity index (χ2v) is 9.93. The summed E-state index contributed by atoms with van der Waals surface area (Å²) in [6.07, 6.45) is 3.39. The normalized spacial score (nSPS) is 23.1. The van der Waals surface area contributed by atoms with E-state index >= 15 is 0 Å². The Labute approximate surface area is 191 Å². The summed E-state index contributed by atoms with van der Waals surface area (Å²) in [5.41, 5.74) is 3.71. The highest BCUT2D eigenvalue weighted by atomic mass is 16.5. The molecule has 0 saturated carbocycles. The largest absolute Gasteiger partial charge is 0.381 e. The minimum absolute atomic E-state index is 0.234. The van der Waals surface area contributed by atoms with Crippen molar-refractivity contribution in [3.8, 4) is 0 Å². The number of nitrogens with zero attached hydrogens (tertiary/aromatic N) is 3. The molecule has 1 aromatic carbocycles. The smallest absolute Gasteiger partial charge is 0.233 e. The molecule has 0 spiro atoms. The van der Waals surface area contributed by atoms with Crippen molar-refractivity contribution in [3.63, 3.8) is 0 Å². The molecule has 0 bridgehead atoms. The number of carbonyl (C=O) groups excluding carboxylic acids is 1. The summed E-state index contributed by atoms with van der Waals surface area (Å²) in [6.45, 7) is 11.1. The number of hydrogen-bond acceptors (Lipinski definition) is 5. The molecule has 4 rings (SSSR count). The predicted molar refractivity (Wildman–Crippen MR) is 127 cm³/mol. The summed E-state index contributed by atoms with van der Waals surface area (Å²) in [7, 11) is 1.88. The van der Waals surface area contributed by atoms with Crippen molar-refractivity contribution in [1.82, 2.24) is 14.9 Å². The van der Waals surface area contributed by atoms with Crippen molar-refractivity contribution < 1.29 is 9.53 Å². The summed E-state index contributed by atoms with van der Waals surface area (Å²) in [4.78, 5) is 25.9. The highest BCUT2D eigenvalue weighted by molar-refractivity contribution is 5.89. The Bertz CT molecular complexity index is 979. The molecule has 6 heteroatoms. The number of piperidine rings is 1. The molecular weight excluding hydrogens is 400 g/mol. The fourth-order valence-corrected chi connectivity index (χ4v) is 5.46. The Morgan fingerprint density at radius 2 is 1.72 bits per heavy atom. The first-order valence-electron chi connectivity index (χ1n) is 11.8. The monoisotopic (exact) mass is 436 g/mol. The van der Waals surface area contributed by atoms with Crippen LogP contribution in [0, 0.1) is 20.8 Å². The Morgan fingerprint density at radius 1 is 1.03 bits per heavy atom. The number of nitrogens with one attached hydrogen (secondary N) is 1. The molecule has 1 N–H and O–H groups in total. The van der Waals surface area contributed by atoms with Gasteiger partial charge in [0.05, 0.1) is 5.41 Å². The van der Waals surface area contributed by atoms with Crippen LogP contribution in [0.2, 0.25) is 0 Å². The average Bonchev–Trinajstić information content (AvgIpc) is 2.78. The second kappa shape index (κ2) is 8.81. The van der Waals surface area contributed by atoms with Gasteiger partial charge in [-0.15, -0.1) is 0 Å². The van der Waals surface area contributed by atoms with Crippen LogP contribution in [0.1, 0.15) is 60.8 Å². The number of amides is 1. The Balaban J connectivity index is 1.68. The van der Waals surface area contributed by atoms with Crippen molar-refractivity contribution in [2.45, 2.75) is 64.2 Å². The zero-order valence-corrected chi connectivity index (χ0v) is 20.1. The average molecular weight is 437 g/mol. The highest BCUT2D eigenvalue weighted by Crippen LogP contribution is 2.40. The molecule has 2 aliphatic heterocycles. The first-order valence-corrected chi connectivity index (χ1v) is 11.8. The zero-order chi connectivity index (χ0) is 22.9. The topological polar surface area (TPSA) is 67.4 Å². The van der Waals surface area contributed by atoms with Crippen LogP contribution in [-0.4, -0.2) is 54.1 Å². The number of benzene rings is 1. The van der Waals surface area contributed by atoms with Gasteiger partial charge in [0.2, 0.25) is 5.91 Å². The highest BCUT2D eigenvalue weighted by Gasteiger charge is 2.47. The Hall–Kier alpha value is -2.47. The number of ether oxygens (including phenoxy) is 1. The van der Waals surface area contributed by atoms with Crippen LogP contribution in [0.15, 0.2) is 24.3 Å². The summed E-state index contributed by atoms with van der Waals surface area (Å²) >= 11 is 0. The zero-order valence-electron chi connectivity index (χ0n) is 20.1. The lowest BCUT2D eigenvalue weighted by atomic mass is 9.71. The third-order valence-electron chi connectivity index (χ3n) is 7.16. The van der Waals surface area contributed by atoms with Gasteiger partial charge >= 0.3 is 0 Å². The Kier molecular flexibility index (Phi) is 6.26. The molecule has 32 heavy (non-hydrogen) atoms. The van der Waals surface area contributed by atoms with Crippen molar-refractivity contribution in [2.75, 3.05) is 38.7 Å². The van der Waals surface area contributed by atoms with E-state index in [1.54, 1.807) is 0 Å². The van der Waals surface area contributed by atoms with Crippen LogP contribution < -0.4 is 5.32 Å². The van der Waals surface area contributed by atoms with Crippen LogP contribution in [0.25, 0.3) is 0 Å². The standard InChI is InChI=1S/C26H36N4O2/c1-18-13-19(2)15-21(14-18)26(8-11-32-12-9-26)24(31)30-10-6-7-25(4,17-30)23-28-20(3)16-22(27-5)29-23/h13-16H,6-12,17H2,1-5H3,(H,27,28,29). The molecule has 1 unspecified atom stereocenters. The number of anilines is 1. The Morgan fingerprint density at radius 3 is 2.38 bits per heavy atom. The van der Waals surface area contributed by atoms with Gasteiger partial charge in [0.25, 0.3) is 0 Å². The maximum absolute atomic E-state index is 14.2. The van der Waals surface area contributed by atoms with Crippen LogP contribution >= 0.6 is 0 Å². The molecule has 1 amide bonds. The first-order chi connectivity index (χ1) is 15.3. The van der Waals surface area contributed by atoms with Crippen LogP contribution in [0.3, 0.4) is 0 Å². The number of likely N-dealkylation sites (tertiary alicyclic amines) is 1. The van der Waals surface area contributed by atoms with E-state index in [1.807, 2.05) is 20.0 Å². The van der Waals surface area contributed by atoms with Crippen molar-refractivity contribution in [2.24, 2.45) is 0 Å². The quantitative estimate of drug-likeness (QED) is 0.783. The maximum Gasteiger partial charge on any atom is 0.233 e. The van der Waals surface area contributed by atoms with Gasteiger partial charge < -0.3 is 15.0 Å². The van der Waals surface area contributed by atoms with Gasteiger partial charge in [-0.05, 0) is 52.0 Å². The fourth-order valence-electron chi connectivity index (χ4n) is 5.46. The summed E-state index contributed by atoms with van der Waals surface area (Å²) in [5, 5.41) is 3.14. The van der Waals surface area contributed by atoms with E-state index in [4.69, 9.17) is 14.7 Å². The molecule has 2 aliphatic rings. The van der Waals surface area contributed by atoms with Gasteiger partial charge in [-0.1, -0.05) is 36.2 Å². The lowest BCUT2D eigenvalue weighted by Crippen LogP contribution is -2.55. The number of aromatic nitrogens is 2. The summed E-state index contributed by atoms with van der Waals surface area (Å²) in [6, 6.07) is 8.52. The van der Waals surface area contributed by atoms with Crippen molar-refractivity contribution in [3.05, 3.63) is 52.5 Å². The van der Waals surface area contributed by atoms with E-state index in [-0.39, 0.29) is 11.3 Å². The molecule has 2 saturated heterocycles. The van der Waals surface area contributed by atoms with Gasteiger partial charge in [0.1, 0.15) is 11.6 Å². The SMILES string of the molecule is CNc1cc(C)nc(C2(C)CCCN(C(=O)C3(c4cc(C)cc(C)c4)CCOCC3)C2)n1. The third-order valence-corrected chi connectivity index (χ3v) is 7.16. The van der Waals surface area contributed by atoms with Crippen LogP contribution in [0.4, 0.5) is 5.82 Å². The molecule has 2 fully saturated rings. The van der Waals surface area contributed by atoms with E-state index in [1.165, 1.54) is 11.1 Å². The van der Waals surface area contributed by atoms with E-state index in [0.717, 1.165) is 55.1 Å². The molecule has 3 heterocycles. The van der Waals surface area contributed by atoms with E-state index in [2.05, 4.69) is 49.2 Å². The minimum Gasteiger partial charge on any atom is -0.381 e.